The van der Waals surface area contributed by atoms with Crippen molar-refractivity contribution in [1.82, 2.24) is 20.4 Å². The molecule has 33 heavy (non-hydrogen) atoms. The summed E-state index contributed by atoms with van der Waals surface area (Å²) in [5.74, 6) is -1.45. The largest absolute Gasteiger partial charge is 0.435 e. The number of amides is 2. The van der Waals surface area contributed by atoms with E-state index in [9.17, 15) is 22.8 Å². The van der Waals surface area contributed by atoms with Gasteiger partial charge >= 0.3 is 6.18 Å². The average Bonchev–Trinajstić information content (AvgIpc) is 3.19. The van der Waals surface area contributed by atoms with Crippen LogP contribution in [0, 0.1) is 0 Å². The minimum Gasteiger partial charge on any atom is -0.372 e. The first kappa shape index (κ1) is 26.9. The quantitative estimate of drug-likeness (QED) is 0.356. The molecule has 3 N–H and O–H groups in total. The van der Waals surface area contributed by atoms with E-state index in [4.69, 9.17) is 11.6 Å². The molecule has 0 radical (unpaired) electrons. The third-order valence-electron chi connectivity index (χ3n) is 4.24. The summed E-state index contributed by atoms with van der Waals surface area (Å²) in [5, 5.41) is 11.3. The van der Waals surface area contributed by atoms with Gasteiger partial charge in [-0.1, -0.05) is 39.7 Å². The van der Waals surface area contributed by atoms with Crippen LogP contribution in [0.5, 0.6) is 0 Å². The molecule has 0 aliphatic carbocycles. The van der Waals surface area contributed by atoms with Gasteiger partial charge in [0.2, 0.25) is 0 Å². The van der Waals surface area contributed by atoms with Gasteiger partial charge in [-0.25, -0.2) is 4.68 Å². The van der Waals surface area contributed by atoms with Gasteiger partial charge in [-0.15, -0.1) is 0 Å². The molecule has 1 aromatic carbocycles. The van der Waals surface area contributed by atoms with Crippen LogP contribution in [0.3, 0.4) is 0 Å². The fraction of sp³-hybridized carbons (Fsp3) is 0.250. The van der Waals surface area contributed by atoms with E-state index in [-0.39, 0.29) is 28.5 Å². The van der Waals surface area contributed by atoms with E-state index >= 15 is 0 Å². The van der Waals surface area contributed by atoms with Gasteiger partial charge in [0.25, 0.3) is 11.8 Å². The van der Waals surface area contributed by atoms with Crippen LogP contribution >= 0.6 is 43.5 Å². The summed E-state index contributed by atoms with van der Waals surface area (Å²) in [5.41, 5.74) is -1.57. The molecule has 0 bridgehead atoms. The van der Waals surface area contributed by atoms with E-state index in [0.717, 1.165) is 4.68 Å². The second kappa shape index (κ2) is 11.2. The summed E-state index contributed by atoms with van der Waals surface area (Å²) < 4.78 is 41.9. The van der Waals surface area contributed by atoms with E-state index in [1.807, 2.05) is 0 Å². The van der Waals surface area contributed by atoms with E-state index in [0.29, 0.717) is 15.0 Å². The minimum absolute atomic E-state index is 0.00295. The van der Waals surface area contributed by atoms with Crippen LogP contribution in [-0.2, 0) is 6.18 Å². The molecule has 7 nitrogen and oxygen atoms in total. The topological polar surface area (TPSA) is 88.1 Å². The van der Waals surface area contributed by atoms with Crippen LogP contribution < -0.4 is 16.0 Å². The van der Waals surface area contributed by atoms with Crippen LogP contribution in [0.15, 0.2) is 44.3 Å². The first-order valence-electron chi connectivity index (χ1n) is 9.32. The molecule has 0 atom stereocenters. The van der Waals surface area contributed by atoms with Crippen LogP contribution in [-0.4, -0.2) is 35.7 Å². The number of carbonyl (C=O) groups is 2. The predicted molar refractivity (Wildman–Crippen MR) is 128 cm³/mol. The molecule has 0 unspecified atom stereocenters. The Kier molecular flexibility index (Phi) is 9.15. The van der Waals surface area contributed by atoms with Gasteiger partial charge in [0.15, 0.2) is 5.69 Å². The summed E-state index contributed by atoms with van der Waals surface area (Å²) in [6.07, 6.45) is -1.18. The second-order valence-corrected chi connectivity index (χ2v) is 8.67. The standard InChI is InChI=1S/C20H19Br2ClF3N5O2/c1-4-5-6-13(23)17(27-2)31-14(9-15(30-31)20(24,25)26)19(33)29-16-11(18(32)28-3)7-10(21)8-12(16)22/h4-5,7-9,27H,6H2,1-3H3,(H,28,32)(H,29,33)/b5-4-,17-13-. The van der Waals surface area contributed by atoms with Crippen molar-refractivity contribution in [2.75, 3.05) is 19.4 Å². The lowest BCUT2D eigenvalue weighted by Gasteiger charge is -2.15. The van der Waals surface area contributed by atoms with Crippen molar-refractivity contribution in [1.29, 1.82) is 0 Å². The highest BCUT2D eigenvalue weighted by molar-refractivity contribution is 9.11. The number of nitrogens with one attached hydrogen (secondary N) is 3. The Balaban J connectivity index is 2.65. The molecule has 178 valence electrons. The zero-order valence-electron chi connectivity index (χ0n) is 17.6. The van der Waals surface area contributed by atoms with E-state index in [1.165, 1.54) is 20.2 Å². The molecule has 0 aliphatic heterocycles. The number of hydrogen-bond donors (Lipinski definition) is 3. The number of nitrogens with zero attached hydrogens (tertiary/aromatic N) is 2. The molecular weight excluding hydrogens is 595 g/mol. The van der Waals surface area contributed by atoms with Gasteiger partial charge in [0.1, 0.15) is 11.5 Å². The number of hydrogen-bond acceptors (Lipinski definition) is 4. The summed E-state index contributed by atoms with van der Waals surface area (Å²) in [6, 6.07) is 3.65. The Morgan fingerprint density at radius 2 is 1.82 bits per heavy atom. The highest BCUT2D eigenvalue weighted by Crippen LogP contribution is 2.33. The van der Waals surface area contributed by atoms with Gasteiger partial charge in [-0.05, 0) is 35.0 Å². The van der Waals surface area contributed by atoms with Gasteiger partial charge in [0.05, 0.1) is 16.3 Å². The maximum atomic E-state index is 13.4. The Bertz CT molecular complexity index is 1130. The van der Waals surface area contributed by atoms with E-state index in [1.54, 1.807) is 25.1 Å². The van der Waals surface area contributed by atoms with E-state index < -0.39 is 29.4 Å². The fourth-order valence-corrected chi connectivity index (χ4v) is 4.31. The first-order chi connectivity index (χ1) is 15.4. The molecule has 2 amide bonds. The molecule has 1 heterocycles. The number of anilines is 1. The van der Waals surface area contributed by atoms with Crippen LogP contribution in [0.4, 0.5) is 18.9 Å². The number of carbonyl (C=O) groups excluding carboxylic acids is 2. The SMILES string of the molecule is C/C=C\C/C(Cl)=C(\NC)n1nc(C(F)(F)F)cc1C(=O)Nc1c(Br)cc(Br)cc1C(=O)NC. The summed E-state index contributed by atoms with van der Waals surface area (Å²) in [4.78, 5) is 25.4. The minimum atomic E-state index is -4.81. The second-order valence-electron chi connectivity index (χ2n) is 6.44. The zero-order valence-corrected chi connectivity index (χ0v) is 21.5. The molecule has 2 aromatic rings. The van der Waals surface area contributed by atoms with Crippen molar-refractivity contribution in [2.24, 2.45) is 0 Å². The molecule has 0 saturated carbocycles. The van der Waals surface area contributed by atoms with Gasteiger partial charge in [-0.3, -0.25) is 9.59 Å². The molecule has 0 spiro atoms. The van der Waals surface area contributed by atoms with Gasteiger partial charge < -0.3 is 16.0 Å². The maximum absolute atomic E-state index is 13.4. The van der Waals surface area contributed by atoms with Crippen molar-refractivity contribution in [2.45, 2.75) is 19.5 Å². The van der Waals surface area contributed by atoms with Gasteiger partial charge in [0, 0.05) is 35.5 Å². The Morgan fingerprint density at radius 3 is 2.36 bits per heavy atom. The molecule has 1 aromatic heterocycles. The van der Waals surface area contributed by atoms with Gasteiger partial charge in [-0.2, -0.15) is 18.3 Å². The predicted octanol–water partition coefficient (Wildman–Crippen LogP) is 5.59. The normalized spacial score (nSPS) is 12.5. The number of allylic oxidation sites excluding steroid dienone is 3. The molecule has 0 aliphatic rings. The average molecular weight is 614 g/mol. The number of rotatable bonds is 7. The highest BCUT2D eigenvalue weighted by atomic mass is 79.9. The number of alkyl halides is 3. The highest BCUT2D eigenvalue weighted by Gasteiger charge is 2.37. The Hall–Kier alpha value is -2.31. The number of halogens is 6. The molecule has 13 heteroatoms. The summed E-state index contributed by atoms with van der Waals surface area (Å²) in [6.45, 7) is 1.76. The lowest BCUT2D eigenvalue weighted by atomic mass is 10.1. The molecule has 0 fully saturated rings. The van der Waals surface area contributed by atoms with Crippen molar-refractivity contribution < 1.29 is 22.8 Å². The fourth-order valence-electron chi connectivity index (χ4n) is 2.72. The summed E-state index contributed by atoms with van der Waals surface area (Å²) in [7, 11) is 2.85. The van der Waals surface area contributed by atoms with Crippen LogP contribution in [0.1, 0.15) is 39.9 Å². The molecule has 0 saturated heterocycles. The van der Waals surface area contributed by atoms with Crippen molar-refractivity contribution in [3.8, 4) is 0 Å². The summed E-state index contributed by atoms with van der Waals surface area (Å²) >= 11 is 12.8. The molecule has 2 rings (SSSR count). The smallest absolute Gasteiger partial charge is 0.372 e. The van der Waals surface area contributed by atoms with Crippen LogP contribution in [0.2, 0.25) is 0 Å². The van der Waals surface area contributed by atoms with Crippen molar-refractivity contribution >= 4 is 66.8 Å². The Labute approximate surface area is 209 Å². The third-order valence-corrected chi connectivity index (χ3v) is 5.65. The van der Waals surface area contributed by atoms with E-state index in [2.05, 4.69) is 52.9 Å². The number of benzene rings is 1. The lowest BCUT2D eigenvalue weighted by molar-refractivity contribution is -0.141. The zero-order chi connectivity index (χ0) is 24.9. The monoisotopic (exact) mass is 611 g/mol. The van der Waals surface area contributed by atoms with Crippen LogP contribution in [0.25, 0.3) is 5.82 Å². The first-order valence-corrected chi connectivity index (χ1v) is 11.3. The third kappa shape index (κ3) is 6.39. The lowest BCUT2D eigenvalue weighted by Crippen LogP contribution is -2.25. The molecular formula is C20H19Br2ClF3N5O2. The van der Waals surface area contributed by atoms with Crippen molar-refractivity contribution in [3.63, 3.8) is 0 Å². The van der Waals surface area contributed by atoms with Crippen molar-refractivity contribution in [3.05, 3.63) is 61.3 Å². The number of aromatic nitrogens is 2. The maximum Gasteiger partial charge on any atom is 0.435 e. The Morgan fingerprint density at radius 1 is 1.15 bits per heavy atom.